The van der Waals surface area contributed by atoms with Gasteiger partial charge in [-0.05, 0) is 32.1 Å². The van der Waals surface area contributed by atoms with Crippen LogP contribution in [0.2, 0.25) is 0 Å². The fourth-order valence-electron chi connectivity index (χ4n) is 3.17. The van der Waals surface area contributed by atoms with E-state index in [1.807, 2.05) is 18.7 Å². The van der Waals surface area contributed by atoms with E-state index < -0.39 is 0 Å². The van der Waals surface area contributed by atoms with Crippen molar-refractivity contribution in [1.82, 2.24) is 20.1 Å². The van der Waals surface area contributed by atoms with Gasteiger partial charge in [0.05, 0.1) is 16.5 Å². The molecule has 1 saturated heterocycles. The van der Waals surface area contributed by atoms with Gasteiger partial charge in [0, 0.05) is 13.1 Å². The average Bonchev–Trinajstić information content (AvgIpc) is 3.09. The number of amides is 1. The Kier molecular flexibility index (Phi) is 5.24. The lowest BCUT2D eigenvalue weighted by atomic mass is 9.92. The number of nitrogens with zero attached hydrogens (tertiary/aromatic N) is 4. The number of hydrogen-bond donors (Lipinski definition) is 0. The highest BCUT2D eigenvalue weighted by molar-refractivity contribution is 7.99. The Morgan fingerprint density at radius 1 is 1.29 bits per heavy atom. The Morgan fingerprint density at radius 2 is 2.00 bits per heavy atom. The summed E-state index contributed by atoms with van der Waals surface area (Å²) < 4.78 is 5.68. The first-order valence-electron chi connectivity index (χ1n) is 8.11. The van der Waals surface area contributed by atoms with Crippen molar-refractivity contribution in [2.75, 3.05) is 18.8 Å². The van der Waals surface area contributed by atoms with Crippen molar-refractivity contribution in [3.05, 3.63) is 10.7 Å². The first kappa shape index (κ1) is 17.4. The summed E-state index contributed by atoms with van der Waals surface area (Å²) in [6.07, 6.45) is 1.19. The van der Waals surface area contributed by atoms with Gasteiger partial charge in [-0.1, -0.05) is 25.6 Å². The van der Waals surface area contributed by atoms with Crippen molar-refractivity contribution in [1.29, 1.82) is 0 Å². The number of aryl methyl sites for hydroxylation is 2. The van der Waals surface area contributed by atoms with Crippen LogP contribution in [0.3, 0.4) is 0 Å². The van der Waals surface area contributed by atoms with E-state index >= 15 is 0 Å². The van der Waals surface area contributed by atoms with Crippen LogP contribution in [0.25, 0.3) is 10.8 Å². The van der Waals surface area contributed by atoms with Crippen LogP contribution < -0.4 is 0 Å². The zero-order valence-corrected chi connectivity index (χ0v) is 16.0. The van der Waals surface area contributed by atoms with Gasteiger partial charge in [-0.3, -0.25) is 4.79 Å². The van der Waals surface area contributed by atoms with E-state index in [2.05, 4.69) is 29.0 Å². The Labute approximate surface area is 150 Å². The molecule has 3 heterocycles. The summed E-state index contributed by atoms with van der Waals surface area (Å²) in [5.74, 6) is 2.09. The highest BCUT2D eigenvalue weighted by Gasteiger charge is 2.25. The highest BCUT2D eigenvalue weighted by Crippen LogP contribution is 2.30. The molecule has 0 radical (unpaired) electrons. The zero-order chi connectivity index (χ0) is 17.3. The second kappa shape index (κ2) is 7.23. The Balaban J connectivity index is 1.59. The minimum atomic E-state index is 0.142. The van der Waals surface area contributed by atoms with Crippen molar-refractivity contribution < 1.29 is 9.21 Å². The molecule has 0 saturated carbocycles. The van der Waals surface area contributed by atoms with E-state index in [1.54, 1.807) is 0 Å². The summed E-state index contributed by atoms with van der Waals surface area (Å²) in [6.45, 7) is 9.97. The van der Waals surface area contributed by atoms with Crippen LogP contribution in [0.1, 0.15) is 31.0 Å². The number of piperidine rings is 1. The van der Waals surface area contributed by atoms with E-state index in [0.717, 1.165) is 28.7 Å². The molecule has 24 heavy (non-hydrogen) atoms. The molecule has 6 nitrogen and oxygen atoms in total. The normalized spacial score (nSPS) is 21.2. The fourth-order valence-corrected chi connectivity index (χ4v) is 4.68. The third kappa shape index (κ3) is 3.97. The number of thiazole rings is 1. The van der Waals surface area contributed by atoms with E-state index in [0.29, 0.717) is 28.7 Å². The van der Waals surface area contributed by atoms with Gasteiger partial charge in [-0.25, -0.2) is 4.98 Å². The number of thioether (sulfide) groups is 1. The maximum Gasteiger partial charge on any atom is 0.277 e. The minimum absolute atomic E-state index is 0.142. The molecule has 3 rings (SSSR count). The lowest BCUT2D eigenvalue weighted by Gasteiger charge is -2.34. The molecule has 130 valence electrons. The summed E-state index contributed by atoms with van der Waals surface area (Å²) in [5.41, 5.74) is 0.894. The third-order valence-electron chi connectivity index (χ3n) is 4.04. The van der Waals surface area contributed by atoms with Gasteiger partial charge in [-0.15, -0.1) is 21.5 Å². The van der Waals surface area contributed by atoms with Crippen molar-refractivity contribution in [3.63, 3.8) is 0 Å². The SMILES string of the molecule is Cc1nc(C)c(-c2nnc(SCC(=O)N3CC(C)CC(C)C3)o2)s1. The molecule has 1 amide bonds. The molecule has 0 spiro atoms. The molecule has 8 heteroatoms. The second-order valence-electron chi connectivity index (χ2n) is 6.55. The summed E-state index contributed by atoms with van der Waals surface area (Å²) in [6, 6.07) is 0. The third-order valence-corrected chi connectivity index (χ3v) is 5.91. The monoisotopic (exact) mass is 366 g/mol. The quantitative estimate of drug-likeness (QED) is 0.772. The van der Waals surface area contributed by atoms with Crippen molar-refractivity contribution in [2.45, 2.75) is 39.3 Å². The lowest BCUT2D eigenvalue weighted by molar-refractivity contribution is -0.130. The van der Waals surface area contributed by atoms with Crippen LogP contribution in [0.4, 0.5) is 0 Å². The molecule has 0 aromatic carbocycles. The van der Waals surface area contributed by atoms with Gasteiger partial charge in [-0.2, -0.15) is 0 Å². The highest BCUT2D eigenvalue weighted by atomic mass is 32.2. The Bertz CT molecular complexity index is 717. The molecule has 1 fully saturated rings. The number of aromatic nitrogens is 3. The Morgan fingerprint density at radius 3 is 2.62 bits per heavy atom. The number of carbonyl (C=O) groups is 1. The summed E-state index contributed by atoms with van der Waals surface area (Å²) in [5, 5.41) is 9.53. The van der Waals surface area contributed by atoms with Crippen LogP contribution in [-0.2, 0) is 4.79 Å². The van der Waals surface area contributed by atoms with Crippen molar-refractivity contribution >= 4 is 29.0 Å². The van der Waals surface area contributed by atoms with Gasteiger partial charge in [0.1, 0.15) is 4.88 Å². The van der Waals surface area contributed by atoms with E-state index in [-0.39, 0.29) is 5.91 Å². The smallest absolute Gasteiger partial charge is 0.277 e. The van der Waals surface area contributed by atoms with Crippen LogP contribution in [0.15, 0.2) is 9.64 Å². The number of likely N-dealkylation sites (tertiary alicyclic amines) is 1. The number of rotatable bonds is 4. The molecule has 1 aliphatic rings. The van der Waals surface area contributed by atoms with E-state index in [1.165, 1.54) is 29.5 Å². The lowest BCUT2D eigenvalue weighted by Crippen LogP contribution is -2.43. The molecule has 2 atom stereocenters. The minimum Gasteiger partial charge on any atom is -0.410 e. The van der Waals surface area contributed by atoms with E-state index in [9.17, 15) is 4.79 Å². The number of carbonyl (C=O) groups excluding carboxylic acids is 1. The topological polar surface area (TPSA) is 72.1 Å². The molecule has 0 aliphatic carbocycles. The van der Waals surface area contributed by atoms with Crippen LogP contribution in [-0.4, -0.2) is 44.8 Å². The van der Waals surface area contributed by atoms with Gasteiger partial charge < -0.3 is 9.32 Å². The molecular weight excluding hydrogens is 344 g/mol. The molecule has 1 aliphatic heterocycles. The van der Waals surface area contributed by atoms with Gasteiger partial charge in [0.15, 0.2) is 0 Å². The van der Waals surface area contributed by atoms with Crippen LogP contribution in [0.5, 0.6) is 0 Å². The second-order valence-corrected chi connectivity index (χ2v) is 8.68. The van der Waals surface area contributed by atoms with Gasteiger partial charge >= 0.3 is 0 Å². The predicted octanol–water partition coefficient (Wildman–Crippen LogP) is 3.41. The first-order valence-corrected chi connectivity index (χ1v) is 9.91. The summed E-state index contributed by atoms with van der Waals surface area (Å²) >= 11 is 2.84. The van der Waals surface area contributed by atoms with Gasteiger partial charge in [0.2, 0.25) is 5.91 Å². The largest absolute Gasteiger partial charge is 0.410 e. The predicted molar refractivity (Wildman–Crippen MR) is 95.1 cm³/mol. The molecule has 2 aromatic rings. The fraction of sp³-hybridized carbons (Fsp3) is 0.625. The first-order chi connectivity index (χ1) is 11.4. The Hall–Kier alpha value is -1.41. The van der Waals surface area contributed by atoms with Crippen molar-refractivity contribution in [2.24, 2.45) is 11.8 Å². The van der Waals surface area contributed by atoms with Crippen molar-refractivity contribution in [3.8, 4) is 10.8 Å². The molecular formula is C16H22N4O2S2. The summed E-state index contributed by atoms with van der Waals surface area (Å²) in [4.78, 5) is 19.6. The van der Waals surface area contributed by atoms with Crippen LogP contribution >= 0.6 is 23.1 Å². The van der Waals surface area contributed by atoms with Crippen LogP contribution in [0, 0.1) is 25.7 Å². The maximum absolute atomic E-state index is 12.4. The molecule has 0 N–H and O–H groups in total. The molecule has 2 unspecified atom stereocenters. The standard InChI is InChI=1S/C16H22N4O2S2/c1-9-5-10(2)7-20(6-9)13(21)8-23-16-19-18-15(22-16)14-11(3)17-12(4)24-14/h9-10H,5-8H2,1-4H3. The average molecular weight is 367 g/mol. The summed E-state index contributed by atoms with van der Waals surface area (Å²) in [7, 11) is 0. The maximum atomic E-state index is 12.4. The van der Waals surface area contributed by atoms with Gasteiger partial charge in [0.25, 0.3) is 11.1 Å². The number of hydrogen-bond acceptors (Lipinski definition) is 7. The molecule has 2 aromatic heterocycles. The zero-order valence-electron chi connectivity index (χ0n) is 14.4. The molecule has 0 bridgehead atoms. The van der Waals surface area contributed by atoms with E-state index in [4.69, 9.17) is 4.42 Å².